The first-order valence-corrected chi connectivity index (χ1v) is 13.1. The lowest BCUT2D eigenvalue weighted by molar-refractivity contribution is -0.115. The molecule has 0 saturated carbocycles. The van der Waals surface area contributed by atoms with Crippen LogP contribution in [0, 0.1) is 0 Å². The third-order valence-corrected chi connectivity index (χ3v) is 8.57. The Morgan fingerprint density at radius 1 is 1.28 bits per heavy atom. The number of aromatic nitrogens is 4. The lowest BCUT2D eigenvalue weighted by atomic mass is 10.3. The van der Waals surface area contributed by atoms with Crippen molar-refractivity contribution in [2.45, 2.75) is 28.8 Å². The van der Waals surface area contributed by atoms with Crippen LogP contribution in [0.2, 0.25) is 0 Å². The van der Waals surface area contributed by atoms with Crippen LogP contribution in [0.25, 0.3) is 0 Å². The summed E-state index contributed by atoms with van der Waals surface area (Å²) < 4.78 is 34.0. The molecule has 13 heteroatoms. The molecular weight excluding hydrogens is 472 g/mol. The molecule has 1 atom stereocenters. The van der Waals surface area contributed by atoms with Gasteiger partial charge in [-0.3, -0.25) is 4.79 Å². The molecule has 170 valence electrons. The third kappa shape index (κ3) is 5.35. The molecule has 1 aliphatic rings. The first-order chi connectivity index (χ1) is 15.4. The van der Waals surface area contributed by atoms with Crippen molar-refractivity contribution in [2.24, 2.45) is 0 Å². The Morgan fingerprint density at radius 3 is 2.84 bits per heavy atom. The number of carbonyl (C=O) groups excluding carboxylic acids is 1. The van der Waals surface area contributed by atoms with E-state index < -0.39 is 15.3 Å². The van der Waals surface area contributed by atoms with Crippen molar-refractivity contribution in [3.05, 3.63) is 46.7 Å². The van der Waals surface area contributed by atoms with Crippen LogP contribution in [0.3, 0.4) is 0 Å². The first kappa shape index (κ1) is 22.9. The summed E-state index contributed by atoms with van der Waals surface area (Å²) in [5.74, 6) is -0.276. The second-order valence-electron chi connectivity index (χ2n) is 6.99. The summed E-state index contributed by atoms with van der Waals surface area (Å²) in [6.45, 7) is 3.65. The molecule has 2 aromatic heterocycles. The fraction of sp³-hybridized carbons (Fsp3) is 0.368. The predicted octanol–water partition coefficient (Wildman–Crippen LogP) is 1.92. The average Bonchev–Trinajstić information content (AvgIpc) is 3.47. The molecule has 0 bridgehead atoms. The molecule has 1 fully saturated rings. The minimum Gasteiger partial charge on any atom is -0.379 e. The van der Waals surface area contributed by atoms with Crippen LogP contribution in [-0.2, 0) is 26.1 Å². The van der Waals surface area contributed by atoms with E-state index in [1.54, 1.807) is 35.1 Å². The smallest absolute Gasteiger partial charge is 0.243 e. The SMILES string of the molecule is CC(Sc1nnnn1Cc1cccs1)C(=O)Nc1cccc(S(=O)(=O)N2CCOCC2)c1. The Morgan fingerprint density at radius 2 is 2.09 bits per heavy atom. The summed E-state index contributed by atoms with van der Waals surface area (Å²) in [5, 5.41) is 16.5. The number of nitrogens with one attached hydrogen (secondary N) is 1. The van der Waals surface area contributed by atoms with Gasteiger partial charge in [0.15, 0.2) is 0 Å². The zero-order chi connectivity index (χ0) is 22.6. The number of rotatable bonds is 8. The normalized spacial score (nSPS) is 16.0. The van der Waals surface area contributed by atoms with Gasteiger partial charge in [-0.2, -0.15) is 4.31 Å². The lowest BCUT2D eigenvalue weighted by Crippen LogP contribution is -2.40. The fourth-order valence-electron chi connectivity index (χ4n) is 3.06. The van der Waals surface area contributed by atoms with E-state index in [1.807, 2.05) is 17.5 Å². The standard InChI is InChI=1S/C19H22N6O4S3/c1-14(31-19-21-22-23-25(19)13-16-5-3-11-30-16)18(26)20-15-4-2-6-17(12-15)32(27,28)24-7-9-29-10-8-24/h2-6,11-12,14H,7-10,13H2,1H3,(H,20,26). The maximum Gasteiger partial charge on any atom is 0.243 e. The number of morpholine rings is 1. The van der Waals surface area contributed by atoms with E-state index >= 15 is 0 Å². The van der Waals surface area contributed by atoms with E-state index in [0.29, 0.717) is 43.7 Å². The highest BCUT2D eigenvalue weighted by Crippen LogP contribution is 2.24. The van der Waals surface area contributed by atoms with Crippen molar-refractivity contribution >= 4 is 44.7 Å². The van der Waals surface area contributed by atoms with Crippen LogP contribution in [0.1, 0.15) is 11.8 Å². The first-order valence-electron chi connectivity index (χ1n) is 9.87. The maximum atomic E-state index is 12.9. The Bertz CT molecular complexity index is 1160. The molecule has 32 heavy (non-hydrogen) atoms. The third-order valence-electron chi connectivity index (χ3n) is 4.75. The number of anilines is 1. The van der Waals surface area contributed by atoms with E-state index in [2.05, 4.69) is 20.8 Å². The van der Waals surface area contributed by atoms with E-state index in [9.17, 15) is 13.2 Å². The number of tetrazole rings is 1. The second kappa shape index (κ2) is 10.1. The molecule has 1 N–H and O–H groups in total. The van der Waals surface area contributed by atoms with Crippen LogP contribution in [0.4, 0.5) is 5.69 Å². The van der Waals surface area contributed by atoms with Crippen molar-refractivity contribution in [3.8, 4) is 0 Å². The number of amides is 1. The number of carbonyl (C=O) groups is 1. The van der Waals surface area contributed by atoms with E-state index in [-0.39, 0.29) is 10.8 Å². The predicted molar refractivity (Wildman–Crippen MR) is 121 cm³/mol. The minimum atomic E-state index is -3.64. The molecule has 1 unspecified atom stereocenters. The molecule has 0 radical (unpaired) electrons. The molecule has 1 aliphatic heterocycles. The monoisotopic (exact) mass is 494 g/mol. The summed E-state index contributed by atoms with van der Waals surface area (Å²) in [7, 11) is -3.64. The van der Waals surface area contributed by atoms with Crippen molar-refractivity contribution in [1.82, 2.24) is 24.5 Å². The highest BCUT2D eigenvalue weighted by Gasteiger charge is 2.27. The van der Waals surface area contributed by atoms with Gasteiger partial charge in [-0.1, -0.05) is 23.9 Å². The molecule has 1 aromatic carbocycles. The molecule has 0 spiro atoms. The van der Waals surface area contributed by atoms with Gasteiger partial charge in [-0.05, 0) is 47.0 Å². The minimum absolute atomic E-state index is 0.136. The molecule has 4 rings (SSSR count). The molecular formula is C19H22N6O4S3. The van der Waals surface area contributed by atoms with Gasteiger partial charge >= 0.3 is 0 Å². The second-order valence-corrected chi connectivity index (χ2v) is 11.3. The molecule has 1 saturated heterocycles. The quantitative estimate of drug-likeness (QED) is 0.472. The van der Waals surface area contributed by atoms with E-state index in [0.717, 1.165) is 4.88 Å². The van der Waals surface area contributed by atoms with Crippen molar-refractivity contribution in [1.29, 1.82) is 0 Å². The van der Waals surface area contributed by atoms with Crippen LogP contribution >= 0.6 is 23.1 Å². The van der Waals surface area contributed by atoms with Crippen LogP contribution < -0.4 is 5.32 Å². The van der Waals surface area contributed by atoms with E-state index in [4.69, 9.17) is 4.74 Å². The lowest BCUT2D eigenvalue weighted by Gasteiger charge is -2.26. The topological polar surface area (TPSA) is 119 Å². The molecule has 0 aliphatic carbocycles. The van der Waals surface area contributed by atoms with Gasteiger partial charge in [-0.25, -0.2) is 13.1 Å². The Labute approximate surface area is 194 Å². The highest BCUT2D eigenvalue weighted by atomic mass is 32.2. The summed E-state index contributed by atoms with van der Waals surface area (Å²) >= 11 is 2.84. The fourth-order valence-corrected chi connectivity index (χ4v) is 5.98. The summed E-state index contributed by atoms with van der Waals surface area (Å²) in [4.78, 5) is 14.0. The molecule has 1 amide bonds. The van der Waals surface area contributed by atoms with Gasteiger partial charge in [0.25, 0.3) is 0 Å². The number of thioether (sulfide) groups is 1. The number of sulfonamides is 1. The largest absolute Gasteiger partial charge is 0.379 e. The number of hydrogen-bond acceptors (Lipinski definition) is 9. The van der Waals surface area contributed by atoms with Crippen molar-refractivity contribution in [3.63, 3.8) is 0 Å². The van der Waals surface area contributed by atoms with Gasteiger partial charge in [0.2, 0.25) is 21.1 Å². The summed E-state index contributed by atoms with van der Waals surface area (Å²) in [6.07, 6.45) is 0. The summed E-state index contributed by atoms with van der Waals surface area (Å²) in [6, 6.07) is 10.2. The van der Waals surface area contributed by atoms with Gasteiger partial charge in [0.05, 0.1) is 29.9 Å². The van der Waals surface area contributed by atoms with E-state index in [1.165, 1.54) is 28.2 Å². The van der Waals surface area contributed by atoms with Gasteiger partial charge in [0.1, 0.15) is 0 Å². The highest BCUT2D eigenvalue weighted by molar-refractivity contribution is 8.00. The van der Waals surface area contributed by atoms with Crippen LogP contribution in [-0.4, -0.2) is 70.4 Å². The number of hydrogen-bond donors (Lipinski definition) is 1. The molecule has 10 nitrogen and oxygen atoms in total. The maximum absolute atomic E-state index is 12.9. The Balaban J connectivity index is 1.41. The summed E-state index contributed by atoms with van der Waals surface area (Å²) in [5.41, 5.74) is 0.412. The van der Waals surface area contributed by atoms with Crippen LogP contribution in [0.5, 0.6) is 0 Å². The Hall–Kier alpha value is -2.32. The van der Waals surface area contributed by atoms with Gasteiger partial charge < -0.3 is 10.1 Å². The zero-order valence-electron chi connectivity index (χ0n) is 17.2. The number of ether oxygens (including phenoxy) is 1. The van der Waals surface area contributed by atoms with Crippen molar-refractivity contribution in [2.75, 3.05) is 31.6 Å². The van der Waals surface area contributed by atoms with Gasteiger partial charge in [-0.15, -0.1) is 16.4 Å². The zero-order valence-corrected chi connectivity index (χ0v) is 19.7. The molecule has 3 aromatic rings. The van der Waals surface area contributed by atoms with Gasteiger partial charge in [0, 0.05) is 23.7 Å². The number of thiophene rings is 1. The number of benzene rings is 1. The Kier molecular flexibility index (Phi) is 7.20. The van der Waals surface area contributed by atoms with Crippen molar-refractivity contribution < 1.29 is 17.9 Å². The van der Waals surface area contributed by atoms with Crippen LogP contribution in [0.15, 0.2) is 51.8 Å². The number of nitrogens with zero attached hydrogens (tertiary/aromatic N) is 5. The molecule has 3 heterocycles. The average molecular weight is 495 g/mol.